The van der Waals surface area contributed by atoms with E-state index in [0.29, 0.717) is 25.3 Å². The van der Waals surface area contributed by atoms with E-state index >= 15 is 0 Å². The van der Waals surface area contributed by atoms with Crippen molar-refractivity contribution in [1.29, 1.82) is 0 Å². The molecule has 1 aliphatic heterocycles. The first-order valence-corrected chi connectivity index (χ1v) is 13.0. The van der Waals surface area contributed by atoms with E-state index in [-0.39, 0.29) is 24.8 Å². The lowest BCUT2D eigenvalue weighted by Crippen LogP contribution is -2.90. The van der Waals surface area contributed by atoms with Crippen LogP contribution in [0.1, 0.15) is 89.2 Å². The summed E-state index contributed by atoms with van der Waals surface area (Å²) in [5.74, 6) is 3.57. The molecule has 1 aliphatic carbocycles. The van der Waals surface area contributed by atoms with E-state index in [1.165, 1.54) is 5.56 Å². The first kappa shape index (κ1) is 29.7. The second kappa shape index (κ2) is 12.1. The van der Waals surface area contributed by atoms with Crippen LogP contribution in [-0.4, -0.2) is 65.6 Å². The van der Waals surface area contributed by atoms with E-state index in [1.54, 1.807) is 0 Å². The van der Waals surface area contributed by atoms with Gasteiger partial charge in [-0.2, -0.15) is 0 Å². The number of amidine groups is 1. The predicted molar refractivity (Wildman–Crippen MR) is 148 cm³/mol. The number of fused-ring (bicyclic) bond motifs is 1. The standard InChI is InChI=1S/C28H43N5O2.CH4/c1-7-9-16-30-17-23(32-24(29)8-2)28(5)25(34)22(18-33(28)6)31-26(35)20-12-10-14-21-19(20)13-11-15-27(21,3)4;/h10,12,14,22-23,25,30,34H,7-8,11,13,15,17-18H2,1-6H3,(H2,29,32)(H,31,35);1H4/p+1. The average Bonchev–Trinajstić information content (AvgIpc) is 3.04. The Kier molecular flexibility index (Phi) is 9.99. The van der Waals surface area contributed by atoms with Gasteiger partial charge in [0.05, 0.1) is 24.2 Å². The second-order valence-corrected chi connectivity index (χ2v) is 10.8. The van der Waals surface area contributed by atoms with Gasteiger partial charge in [0.1, 0.15) is 6.04 Å². The second-order valence-electron chi connectivity index (χ2n) is 10.8. The van der Waals surface area contributed by atoms with Crippen molar-refractivity contribution < 1.29 is 14.9 Å². The van der Waals surface area contributed by atoms with Crippen molar-refractivity contribution in [3.63, 3.8) is 0 Å². The molecule has 0 radical (unpaired) electrons. The van der Waals surface area contributed by atoms with Crippen LogP contribution in [0, 0.1) is 12.0 Å². The van der Waals surface area contributed by atoms with Crippen molar-refractivity contribution >= 4 is 11.7 Å². The van der Waals surface area contributed by atoms with E-state index in [1.807, 2.05) is 40.0 Å². The fourth-order valence-corrected chi connectivity index (χ4v) is 5.65. The van der Waals surface area contributed by atoms with Gasteiger partial charge in [-0.15, -0.1) is 0 Å². The van der Waals surface area contributed by atoms with Crippen molar-refractivity contribution in [2.45, 2.75) is 103 Å². The summed E-state index contributed by atoms with van der Waals surface area (Å²) in [5.41, 5.74) is 8.71. The van der Waals surface area contributed by atoms with Gasteiger partial charge >= 0.3 is 0 Å². The number of hydrogen-bond acceptors (Lipinski definition) is 4. The molecule has 1 heterocycles. The average molecular weight is 499 g/mol. The lowest BCUT2D eigenvalue weighted by atomic mass is 9.71. The molecule has 4 atom stereocenters. The third-order valence-corrected chi connectivity index (χ3v) is 8.07. The van der Waals surface area contributed by atoms with Crippen LogP contribution in [0.4, 0.5) is 0 Å². The molecule has 4 unspecified atom stereocenters. The Morgan fingerprint density at radius 2 is 2.06 bits per heavy atom. The van der Waals surface area contributed by atoms with Gasteiger partial charge < -0.3 is 15.7 Å². The number of nitrogens with zero attached hydrogens (tertiary/aromatic N) is 1. The Labute approximate surface area is 218 Å². The zero-order valence-corrected chi connectivity index (χ0v) is 22.3. The van der Waals surface area contributed by atoms with E-state index in [9.17, 15) is 9.90 Å². The first-order valence-electron chi connectivity index (χ1n) is 13.0. The highest BCUT2D eigenvalue weighted by atomic mass is 16.3. The predicted octanol–water partition coefficient (Wildman–Crippen LogP) is 1.28. The van der Waals surface area contributed by atoms with Crippen LogP contribution >= 0.6 is 0 Å². The molecule has 1 aromatic carbocycles. The molecule has 0 bridgehead atoms. The molecule has 7 nitrogen and oxygen atoms in total. The van der Waals surface area contributed by atoms with Gasteiger partial charge in [-0.3, -0.25) is 20.4 Å². The minimum atomic E-state index is -0.796. The Bertz CT molecular complexity index is 1010. The van der Waals surface area contributed by atoms with Gasteiger partial charge in [0, 0.05) is 31.0 Å². The molecule has 2 aliphatic rings. The minimum absolute atomic E-state index is 0. The maximum absolute atomic E-state index is 13.5. The maximum atomic E-state index is 13.5. The molecule has 0 spiro atoms. The summed E-state index contributed by atoms with van der Waals surface area (Å²) < 4.78 is 0. The number of nitrogens with two attached hydrogens (primary N) is 1. The van der Waals surface area contributed by atoms with Crippen molar-refractivity contribution in [2.75, 3.05) is 20.1 Å². The number of carbonyl (C=O) groups is 1. The molecule has 6 N–H and O–H groups in total. The maximum Gasteiger partial charge on any atom is 0.251 e. The molecule has 1 fully saturated rings. The highest BCUT2D eigenvalue weighted by Gasteiger charge is 2.54. The quantitative estimate of drug-likeness (QED) is 0.169. The van der Waals surface area contributed by atoms with Crippen LogP contribution in [0.2, 0.25) is 0 Å². The molecule has 1 amide bonds. The van der Waals surface area contributed by atoms with Gasteiger partial charge in [-0.05, 0) is 55.8 Å². The summed E-state index contributed by atoms with van der Waals surface area (Å²) >= 11 is 0. The molecule has 7 heteroatoms. The van der Waals surface area contributed by atoms with Gasteiger partial charge in [-0.25, -0.2) is 0 Å². The number of aliphatic hydroxyl groups excluding tert-OH is 1. The summed E-state index contributed by atoms with van der Waals surface area (Å²) in [6, 6.07) is 8.40. The molecular formula is C29H48N5O2+. The van der Waals surface area contributed by atoms with Crippen LogP contribution in [0.5, 0.6) is 0 Å². The van der Waals surface area contributed by atoms with Gasteiger partial charge in [0.25, 0.3) is 5.91 Å². The Hall–Kier alpha value is -2.56. The third-order valence-electron chi connectivity index (χ3n) is 8.07. The van der Waals surface area contributed by atoms with Crippen LogP contribution in [-0.2, 0) is 11.8 Å². The Morgan fingerprint density at radius 3 is 2.72 bits per heavy atom. The lowest BCUT2D eigenvalue weighted by molar-refractivity contribution is -0.522. The Morgan fingerprint density at radius 1 is 1.33 bits per heavy atom. The minimum Gasteiger partial charge on any atom is -0.389 e. The van der Waals surface area contributed by atoms with E-state index < -0.39 is 17.7 Å². The topological polar surface area (TPSA) is 105 Å². The third kappa shape index (κ3) is 5.87. The van der Waals surface area contributed by atoms with E-state index in [0.717, 1.165) is 36.8 Å². The summed E-state index contributed by atoms with van der Waals surface area (Å²) in [6.07, 6.45) is 3.77. The molecule has 0 saturated carbocycles. The van der Waals surface area contributed by atoms with Crippen LogP contribution < -0.4 is 21.4 Å². The van der Waals surface area contributed by atoms with Crippen molar-refractivity contribution in [3.8, 4) is 12.0 Å². The van der Waals surface area contributed by atoms with Crippen molar-refractivity contribution in [3.05, 3.63) is 34.9 Å². The van der Waals surface area contributed by atoms with Crippen molar-refractivity contribution in [2.24, 2.45) is 5.73 Å². The van der Waals surface area contributed by atoms with Crippen LogP contribution in [0.15, 0.2) is 18.2 Å². The molecule has 1 aromatic rings. The van der Waals surface area contributed by atoms with E-state index in [2.05, 4.69) is 52.4 Å². The zero-order chi connectivity index (χ0) is 25.8. The molecular weight excluding hydrogens is 450 g/mol. The molecule has 3 rings (SSSR count). The zero-order valence-electron chi connectivity index (χ0n) is 22.3. The SMILES string of the molecule is C.CCC#CNCC([NH+]=C(N)CC)C1(C)C(O)C(NC(=O)c2cccc3c2CCCC3(C)C)CN1C. The number of carbonyl (C=O) groups excluding carboxylic acids is 1. The smallest absolute Gasteiger partial charge is 0.251 e. The summed E-state index contributed by atoms with van der Waals surface area (Å²) in [4.78, 5) is 19.0. The fraction of sp³-hybridized carbons (Fsp3) is 0.655. The number of aliphatic hydroxyl groups is 1. The number of likely N-dealkylation sites (N-methyl/N-ethyl adjacent to an activating group) is 1. The van der Waals surface area contributed by atoms with E-state index in [4.69, 9.17) is 5.73 Å². The largest absolute Gasteiger partial charge is 0.389 e. The summed E-state index contributed by atoms with van der Waals surface area (Å²) in [6.45, 7) is 11.6. The molecule has 36 heavy (non-hydrogen) atoms. The number of nitrogens with one attached hydrogen (secondary N) is 3. The number of hydrogen-bond donors (Lipinski definition) is 5. The summed E-state index contributed by atoms with van der Waals surface area (Å²) in [7, 11) is 1.98. The molecule has 0 aromatic heterocycles. The van der Waals surface area contributed by atoms with Gasteiger partial charge in [0.2, 0.25) is 5.84 Å². The monoisotopic (exact) mass is 498 g/mol. The normalized spacial score (nSPS) is 26.1. The summed E-state index contributed by atoms with van der Waals surface area (Å²) in [5, 5.41) is 17.9. The van der Waals surface area contributed by atoms with Crippen LogP contribution in [0.25, 0.3) is 0 Å². The highest BCUT2D eigenvalue weighted by Crippen LogP contribution is 2.38. The van der Waals surface area contributed by atoms with Crippen molar-refractivity contribution in [1.82, 2.24) is 15.5 Å². The fourth-order valence-electron chi connectivity index (χ4n) is 5.65. The number of likely N-dealkylation sites (tertiary alicyclic amines) is 1. The number of rotatable bonds is 7. The number of amides is 1. The van der Waals surface area contributed by atoms with Crippen LogP contribution in [0.3, 0.4) is 0 Å². The Balaban J connectivity index is 0.00000456. The van der Waals surface area contributed by atoms with Gasteiger partial charge in [0.15, 0.2) is 0 Å². The highest BCUT2D eigenvalue weighted by molar-refractivity contribution is 5.96. The lowest BCUT2D eigenvalue weighted by Gasteiger charge is -2.39. The molecule has 1 saturated heterocycles. The first-order chi connectivity index (χ1) is 16.6. The number of benzene rings is 1. The molecule has 200 valence electrons. The van der Waals surface area contributed by atoms with Gasteiger partial charge in [-0.1, -0.05) is 53.2 Å².